The summed E-state index contributed by atoms with van der Waals surface area (Å²) in [5, 5.41) is 0.502. The second-order valence-corrected chi connectivity index (χ2v) is 7.84. The van der Waals surface area contributed by atoms with Crippen LogP contribution in [-0.2, 0) is 13.1 Å². The van der Waals surface area contributed by atoms with Gasteiger partial charge in [0.15, 0.2) is 5.43 Å². The number of rotatable bonds is 7. The highest BCUT2D eigenvalue weighted by Gasteiger charge is 2.21. The Labute approximate surface area is 192 Å². The zero-order valence-electron chi connectivity index (χ0n) is 18.8. The first-order valence-electron chi connectivity index (χ1n) is 10.6. The van der Waals surface area contributed by atoms with Crippen molar-refractivity contribution < 1.29 is 18.7 Å². The minimum Gasteiger partial charge on any atom is -0.497 e. The molecule has 6 heteroatoms. The van der Waals surface area contributed by atoms with E-state index in [0.717, 1.165) is 11.1 Å². The SMILES string of the molecule is COc1cc(OC)cc(C(=O)N(Cc2ccccc2)Cc2coc3ccc(C)cc3c2=O)c1. The van der Waals surface area contributed by atoms with Crippen molar-refractivity contribution in [2.24, 2.45) is 0 Å². The molecule has 0 radical (unpaired) electrons. The van der Waals surface area contributed by atoms with Crippen LogP contribution >= 0.6 is 0 Å². The summed E-state index contributed by atoms with van der Waals surface area (Å²) in [4.78, 5) is 28.4. The van der Waals surface area contributed by atoms with E-state index in [1.807, 2.05) is 43.3 Å². The van der Waals surface area contributed by atoms with Gasteiger partial charge < -0.3 is 18.8 Å². The topological polar surface area (TPSA) is 69.0 Å². The second-order valence-electron chi connectivity index (χ2n) is 7.84. The summed E-state index contributed by atoms with van der Waals surface area (Å²) in [5.74, 6) is 0.774. The van der Waals surface area contributed by atoms with Crippen LogP contribution in [0.5, 0.6) is 11.5 Å². The van der Waals surface area contributed by atoms with E-state index in [4.69, 9.17) is 13.9 Å². The van der Waals surface area contributed by atoms with Gasteiger partial charge in [0.25, 0.3) is 5.91 Å². The maximum absolute atomic E-state index is 13.6. The Morgan fingerprint density at radius 3 is 2.27 bits per heavy atom. The summed E-state index contributed by atoms with van der Waals surface area (Å²) in [7, 11) is 3.07. The summed E-state index contributed by atoms with van der Waals surface area (Å²) in [6.45, 7) is 2.34. The van der Waals surface area contributed by atoms with Crippen molar-refractivity contribution in [1.82, 2.24) is 4.90 Å². The van der Waals surface area contributed by atoms with Gasteiger partial charge in [-0.2, -0.15) is 0 Å². The fraction of sp³-hybridized carbons (Fsp3) is 0.185. The number of ether oxygens (including phenoxy) is 2. The molecule has 1 heterocycles. The molecule has 4 rings (SSSR count). The van der Waals surface area contributed by atoms with Gasteiger partial charge in [0.1, 0.15) is 17.1 Å². The number of carbonyl (C=O) groups excluding carboxylic acids is 1. The highest BCUT2D eigenvalue weighted by molar-refractivity contribution is 5.95. The number of hydrogen-bond acceptors (Lipinski definition) is 5. The van der Waals surface area contributed by atoms with Crippen molar-refractivity contribution >= 4 is 16.9 Å². The second kappa shape index (κ2) is 9.61. The Bertz CT molecular complexity index is 1320. The van der Waals surface area contributed by atoms with Crippen LogP contribution in [0.1, 0.15) is 27.0 Å². The number of nitrogens with zero attached hydrogens (tertiary/aromatic N) is 1. The third-order valence-electron chi connectivity index (χ3n) is 5.46. The van der Waals surface area contributed by atoms with Crippen LogP contribution in [0.15, 0.2) is 82.2 Å². The highest BCUT2D eigenvalue weighted by Crippen LogP contribution is 2.25. The molecule has 33 heavy (non-hydrogen) atoms. The molecule has 1 aromatic heterocycles. The average Bonchev–Trinajstić information content (AvgIpc) is 2.85. The van der Waals surface area contributed by atoms with E-state index in [1.165, 1.54) is 20.5 Å². The van der Waals surface area contributed by atoms with Crippen LogP contribution in [-0.4, -0.2) is 25.0 Å². The normalized spacial score (nSPS) is 10.8. The summed E-state index contributed by atoms with van der Waals surface area (Å²) in [6.07, 6.45) is 1.44. The molecule has 0 atom stereocenters. The largest absolute Gasteiger partial charge is 0.497 e. The maximum atomic E-state index is 13.6. The lowest BCUT2D eigenvalue weighted by molar-refractivity contribution is 0.0728. The third-order valence-corrected chi connectivity index (χ3v) is 5.46. The highest BCUT2D eigenvalue weighted by atomic mass is 16.5. The third kappa shape index (κ3) is 4.90. The first kappa shape index (κ1) is 22.1. The molecule has 0 spiro atoms. The van der Waals surface area contributed by atoms with Crippen molar-refractivity contribution in [2.45, 2.75) is 20.0 Å². The zero-order chi connectivity index (χ0) is 23.4. The fourth-order valence-electron chi connectivity index (χ4n) is 3.72. The summed E-state index contributed by atoms with van der Waals surface area (Å²) in [5.41, 5.74) is 3.10. The molecular formula is C27H25NO5. The minimum atomic E-state index is -0.250. The van der Waals surface area contributed by atoms with Crippen LogP contribution in [0.4, 0.5) is 0 Å². The quantitative estimate of drug-likeness (QED) is 0.404. The van der Waals surface area contributed by atoms with Gasteiger partial charge in [-0.25, -0.2) is 0 Å². The van der Waals surface area contributed by atoms with Gasteiger partial charge >= 0.3 is 0 Å². The molecule has 1 amide bonds. The van der Waals surface area contributed by atoms with Gasteiger partial charge in [-0.1, -0.05) is 42.0 Å². The van der Waals surface area contributed by atoms with Crippen LogP contribution in [0.25, 0.3) is 11.0 Å². The molecule has 0 bridgehead atoms. The number of methoxy groups -OCH3 is 2. The van der Waals surface area contributed by atoms with E-state index in [0.29, 0.717) is 40.1 Å². The van der Waals surface area contributed by atoms with Gasteiger partial charge in [-0.05, 0) is 36.8 Å². The van der Waals surface area contributed by atoms with Crippen molar-refractivity contribution in [1.29, 1.82) is 0 Å². The van der Waals surface area contributed by atoms with E-state index >= 15 is 0 Å². The van der Waals surface area contributed by atoms with E-state index in [9.17, 15) is 9.59 Å². The van der Waals surface area contributed by atoms with Crippen molar-refractivity contribution in [3.63, 3.8) is 0 Å². The van der Waals surface area contributed by atoms with Gasteiger partial charge in [-0.3, -0.25) is 9.59 Å². The Balaban J connectivity index is 1.74. The van der Waals surface area contributed by atoms with Crippen LogP contribution in [0, 0.1) is 6.92 Å². The number of aryl methyl sites for hydroxylation is 1. The lowest BCUT2D eigenvalue weighted by Crippen LogP contribution is -2.32. The number of carbonyl (C=O) groups is 1. The molecule has 0 aliphatic heterocycles. The van der Waals surface area contributed by atoms with Crippen molar-refractivity contribution in [3.05, 3.63) is 105 Å². The van der Waals surface area contributed by atoms with Crippen LogP contribution < -0.4 is 14.9 Å². The fourth-order valence-corrected chi connectivity index (χ4v) is 3.72. The molecule has 0 N–H and O–H groups in total. The van der Waals surface area contributed by atoms with Crippen molar-refractivity contribution in [3.8, 4) is 11.5 Å². The van der Waals surface area contributed by atoms with Gasteiger partial charge in [-0.15, -0.1) is 0 Å². The number of amides is 1. The van der Waals surface area contributed by atoms with Crippen LogP contribution in [0.2, 0.25) is 0 Å². The zero-order valence-corrected chi connectivity index (χ0v) is 18.8. The Morgan fingerprint density at radius 1 is 0.909 bits per heavy atom. The lowest BCUT2D eigenvalue weighted by Gasteiger charge is -2.23. The number of benzene rings is 3. The van der Waals surface area contributed by atoms with E-state index < -0.39 is 0 Å². The van der Waals surface area contributed by atoms with E-state index in [1.54, 1.807) is 35.2 Å². The predicted octanol–water partition coefficient (Wildman–Crippen LogP) is 4.96. The molecule has 0 aliphatic carbocycles. The minimum absolute atomic E-state index is 0.0967. The Kier molecular flexibility index (Phi) is 6.45. The standard InChI is InChI=1S/C27H25NO5/c1-18-9-10-25-24(11-18)26(29)21(17-33-25)16-28(15-19-7-5-4-6-8-19)27(30)20-12-22(31-2)14-23(13-20)32-3/h4-14,17H,15-16H2,1-3H3. The molecule has 0 fully saturated rings. The number of hydrogen-bond donors (Lipinski definition) is 0. The molecule has 0 saturated carbocycles. The molecule has 168 valence electrons. The maximum Gasteiger partial charge on any atom is 0.254 e. The van der Waals surface area contributed by atoms with Gasteiger partial charge in [0.2, 0.25) is 0 Å². The first-order chi connectivity index (χ1) is 16.0. The molecular weight excluding hydrogens is 418 g/mol. The molecule has 0 saturated heterocycles. The monoisotopic (exact) mass is 443 g/mol. The average molecular weight is 443 g/mol. The molecule has 0 aliphatic rings. The van der Waals surface area contributed by atoms with Gasteiger partial charge in [0, 0.05) is 18.2 Å². The lowest BCUT2D eigenvalue weighted by atomic mass is 10.1. The summed E-state index contributed by atoms with van der Waals surface area (Å²) >= 11 is 0. The van der Waals surface area contributed by atoms with Crippen molar-refractivity contribution in [2.75, 3.05) is 14.2 Å². The Hall–Kier alpha value is -4.06. The van der Waals surface area contributed by atoms with E-state index in [-0.39, 0.29) is 17.9 Å². The smallest absolute Gasteiger partial charge is 0.254 e. The number of fused-ring (bicyclic) bond motifs is 1. The molecule has 6 nitrogen and oxygen atoms in total. The molecule has 4 aromatic rings. The first-order valence-corrected chi connectivity index (χ1v) is 10.6. The summed E-state index contributed by atoms with van der Waals surface area (Å²) in [6, 6.07) is 20.2. The molecule has 3 aromatic carbocycles. The van der Waals surface area contributed by atoms with Crippen LogP contribution in [0.3, 0.4) is 0 Å². The molecule has 0 unspecified atom stereocenters. The summed E-state index contributed by atoms with van der Waals surface area (Å²) < 4.78 is 16.4. The Morgan fingerprint density at radius 2 is 1.61 bits per heavy atom. The predicted molar refractivity (Wildman–Crippen MR) is 127 cm³/mol. The van der Waals surface area contributed by atoms with E-state index in [2.05, 4.69) is 0 Å². The van der Waals surface area contributed by atoms with Gasteiger partial charge in [0.05, 0.1) is 38.0 Å².